The molecule has 1 amide bonds. The van der Waals surface area contributed by atoms with Crippen molar-refractivity contribution in [3.05, 3.63) is 53.9 Å². The van der Waals surface area contributed by atoms with E-state index < -0.39 is 11.9 Å². The molecule has 1 atom stereocenters. The highest BCUT2D eigenvalue weighted by molar-refractivity contribution is 5.93. The summed E-state index contributed by atoms with van der Waals surface area (Å²) in [6.07, 6.45) is -2.48. The van der Waals surface area contributed by atoms with Crippen LogP contribution in [-0.4, -0.2) is 62.5 Å². The third-order valence-electron chi connectivity index (χ3n) is 5.88. The average Bonchev–Trinajstić information content (AvgIpc) is 3.38. The van der Waals surface area contributed by atoms with E-state index in [1.807, 2.05) is 0 Å². The molecular weight excluding hydrogens is 395 g/mol. The van der Waals surface area contributed by atoms with Crippen LogP contribution in [0.3, 0.4) is 0 Å². The van der Waals surface area contributed by atoms with E-state index in [1.165, 1.54) is 6.07 Å². The molecule has 0 N–H and O–H groups in total. The van der Waals surface area contributed by atoms with Crippen LogP contribution in [0.15, 0.2) is 42.5 Å². The van der Waals surface area contributed by atoms with Crippen molar-refractivity contribution in [1.82, 2.24) is 24.4 Å². The summed E-state index contributed by atoms with van der Waals surface area (Å²) in [6.45, 7) is 2.97. The van der Waals surface area contributed by atoms with Crippen LogP contribution in [0.25, 0.3) is 16.9 Å². The lowest BCUT2D eigenvalue weighted by molar-refractivity contribution is -0.142. The highest BCUT2D eigenvalue weighted by Crippen LogP contribution is 2.32. The quantitative estimate of drug-likeness (QED) is 0.644. The molecule has 5 rings (SSSR count). The fraction of sp³-hybridized carbons (Fsp3) is 0.381. The molecular formula is C21H20F3N5O. The van der Waals surface area contributed by atoms with Crippen molar-refractivity contribution in [2.45, 2.75) is 25.1 Å². The molecule has 2 fully saturated rings. The van der Waals surface area contributed by atoms with Gasteiger partial charge in [-0.2, -0.15) is 18.3 Å². The summed E-state index contributed by atoms with van der Waals surface area (Å²) < 4.78 is 41.9. The van der Waals surface area contributed by atoms with Gasteiger partial charge in [0.25, 0.3) is 5.91 Å². The lowest BCUT2D eigenvalue weighted by atomic mass is 10.1. The van der Waals surface area contributed by atoms with E-state index in [4.69, 9.17) is 0 Å². The van der Waals surface area contributed by atoms with Crippen LogP contribution in [0.2, 0.25) is 0 Å². The van der Waals surface area contributed by atoms with Gasteiger partial charge in [0.1, 0.15) is 0 Å². The number of aromatic nitrogens is 3. The van der Waals surface area contributed by atoms with Crippen LogP contribution < -0.4 is 0 Å². The molecule has 4 heterocycles. The molecule has 1 aromatic carbocycles. The number of alkyl halides is 3. The number of rotatable bonds is 2. The van der Waals surface area contributed by atoms with Crippen LogP contribution in [-0.2, 0) is 6.18 Å². The van der Waals surface area contributed by atoms with Crippen LogP contribution >= 0.6 is 0 Å². The molecule has 2 aliphatic heterocycles. The van der Waals surface area contributed by atoms with E-state index in [-0.39, 0.29) is 22.9 Å². The van der Waals surface area contributed by atoms with Gasteiger partial charge in [-0.25, -0.2) is 9.50 Å². The van der Waals surface area contributed by atoms with Gasteiger partial charge >= 0.3 is 6.18 Å². The Morgan fingerprint density at radius 3 is 2.63 bits per heavy atom. The largest absolute Gasteiger partial charge is 0.433 e. The maximum Gasteiger partial charge on any atom is 0.433 e. The minimum absolute atomic E-state index is 0.00605. The van der Waals surface area contributed by atoms with E-state index in [1.54, 1.807) is 35.2 Å². The summed E-state index contributed by atoms with van der Waals surface area (Å²) in [4.78, 5) is 21.4. The molecule has 156 valence electrons. The van der Waals surface area contributed by atoms with E-state index in [0.717, 1.165) is 36.5 Å². The Morgan fingerprint density at radius 2 is 1.87 bits per heavy atom. The lowest BCUT2D eigenvalue weighted by Gasteiger charge is -2.37. The van der Waals surface area contributed by atoms with Crippen LogP contribution in [0.4, 0.5) is 13.2 Å². The zero-order valence-corrected chi connectivity index (χ0v) is 16.1. The zero-order chi connectivity index (χ0) is 20.9. The van der Waals surface area contributed by atoms with Crippen molar-refractivity contribution in [3.63, 3.8) is 0 Å². The first-order chi connectivity index (χ1) is 14.4. The Morgan fingerprint density at radius 1 is 1.07 bits per heavy atom. The first-order valence-corrected chi connectivity index (χ1v) is 9.97. The number of halogens is 3. The molecule has 0 saturated carbocycles. The number of carbonyl (C=O) groups is 1. The van der Waals surface area contributed by atoms with Gasteiger partial charge < -0.3 is 4.90 Å². The highest BCUT2D eigenvalue weighted by atomic mass is 19.4. The molecule has 0 aliphatic carbocycles. The Balaban J connectivity index is 1.53. The van der Waals surface area contributed by atoms with Gasteiger partial charge in [-0.15, -0.1) is 0 Å². The second kappa shape index (κ2) is 7.09. The zero-order valence-electron chi connectivity index (χ0n) is 16.1. The molecule has 3 aromatic rings. The fourth-order valence-electron chi connectivity index (χ4n) is 4.38. The van der Waals surface area contributed by atoms with Gasteiger partial charge in [-0.05, 0) is 25.5 Å². The van der Waals surface area contributed by atoms with Crippen molar-refractivity contribution < 1.29 is 18.0 Å². The lowest BCUT2D eigenvalue weighted by Crippen LogP contribution is -2.52. The molecule has 0 unspecified atom stereocenters. The SMILES string of the molecule is O=C(c1cc2nc(-c3ccccc3)cc(C(F)(F)F)n2n1)N1CCN2CCC[C@H]2C1. The predicted molar refractivity (Wildman–Crippen MR) is 104 cm³/mol. The van der Waals surface area contributed by atoms with Crippen LogP contribution in [0.1, 0.15) is 29.0 Å². The maximum absolute atomic E-state index is 13.7. The Hall–Kier alpha value is -2.94. The van der Waals surface area contributed by atoms with Crippen molar-refractivity contribution in [2.24, 2.45) is 0 Å². The third-order valence-corrected chi connectivity index (χ3v) is 5.88. The summed E-state index contributed by atoms with van der Waals surface area (Å²) in [5.41, 5.74) is -0.201. The number of nitrogens with zero attached hydrogens (tertiary/aromatic N) is 5. The molecule has 6 nitrogen and oxygen atoms in total. The van der Waals surface area contributed by atoms with Gasteiger partial charge in [-0.1, -0.05) is 30.3 Å². The van der Waals surface area contributed by atoms with Gasteiger partial charge in [0.05, 0.1) is 5.69 Å². The van der Waals surface area contributed by atoms with E-state index in [9.17, 15) is 18.0 Å². The predicted octanol–water partition coefficient (Wildman–Crippen LogP) is 3.34. The highest BCUT2D eigenvalue weighted by Gasteiger charge is 2.37. The molecule has 0 spiro atoms. The minimum Gasteiger partial charge on any atom is -0.334 e. The molecule has 0 bridgehead atoms. The number of benzene rings is 1. The fourth-order valence-corrected chi connectivity index (χ4v) is 4.38. The number of fused-ring (bicyclic) bond motifs is 2. The Bertz CT molecular complexity index is 1100. The van der Waals surface area contributed by atoms with E-state index in [2.05, 4.69) is 15.0 Å². The average molecular weight is 415 g/mol. The Kier molecular flexibility index (Phi) is 4.50. The minimum atomic E-state index is -4.63. The van der Waals surface area contributed by atoms with Gasteiger partial charge in [0.15, 0.2) is 17.0 Å². The monoisotopic (exact) mass is 415 g/mol. The summed E-state index contributed by atoms with van der Waals surface area (Å²) in [5, 5.41) is 4.00. The van der Waals surface area contributed by atoms with Gasteiger partial charge in [0.2, 0.25) is 0 Å². The summed E-state index contributed by atoms with van der Waals surface area (Å²) in [5.74, 6) is -0.346. The van der Waals surface area contributed by atoms with Gasteiger partial charge in [-0.3, -0.25) is 9.69 Å². The van der Waals surface area contributed by atoms with Crippen molar-refractivity contribution in [2.75, 3.05) is 26.2 Å². The number of carbonyl (C=O) groups excluding carboxylic acids is 1. The van der Waals surface area contributed by atoms with Crippen molar-refractivity contribution in [3.8, 4) is 11.3 Å². The first-order valence-electron chi connectivity index (χ1n) is 9.97. The normalized spacial score (nSPS) is 20.0. The number of hydrogen-bond acceptors (Lipinski definition) is 4. The summed E-state index contributed by atoms with van der Waals surface area (Å²) >= 11 is 0. The second-order valence-corrected chi connectivity index (χ2v) is 7.77. The smallest absolute Gasteiger partial charge is 0.334 e. The number of hydrogen-bond donors (Lipinski definition) is 0. The van der Waals surface area contributed by atoms with Crippen molar-refractivity contribution >= 4 is 11.6 Å². The Labute approximate surface area is 170 Å². The summed E-state index contributed by atoms with van der Waals surface area (Å²) in [6, 6.07) is 11.3. The molecule has 2 aliphatic rings. The van der Waals surface area contributed by atoms with Crippen LogP contribution in [0, 0.1) is 0 Å². The molecule has 30 heavy (non-hydrogen) atoms. The molecule has 9 heteroatoms. The number of amides is 1. The van der Waals surface area contributed by atoms with E-state index in [0.29, 0.717) is 24.7 Å². The summed E-state index contributed by atoms with van der Waals surface area (Å²) in [7, 11) is 0. The van der Waals surface area contributed by atoms with E-state index >= 15 is 0 Å². The van der Waals surface area contributed by atoms with Crippen molar-refractivity contribution in [1.29, 1.82) is 0 Å². The molecule has 0 radical (unpaired) electrons. The van der Waals surface area contributed by atoms with Crippen LogP contribution in [0.5, 0.6) is 0 Å². The first kappa shape index (κ1) is 19.0. The van der Waals surface area contributed by atoms with Gasteiger partial charge in [0, 0.05) is 37.3 Å². The molecule has 2 aromatic heterocycles. The number of piperazine rings is 1. The maximum atomic E-state index is 13.7. The third kappa shape index (κ3) is 3.32. The topological polar surface area (TPSA) is 53.7 Å². The second-order valence-electron chi connectivity index (χ2n) is 7.77. The molecule has 2 saturated heterocycles. The standard InChI is InChI=1S/C21H20F3N5O/c22-21(23,24)18-11-16(14-5-2-1-3-6-14)25-19-12-17(26-29(18)19)20(30)28-10-9-27-8-4-7-15(27)13-28/h1-3,5-6,11-12,15H,4,7-10,13H2/t15-/m0/s1.